The summed E-state index contributed by atoms with van der Waals surface area (Å²) in [7, 11) is 0. The van der Waals surface area contributed by atoms with Crippen LogP contribution in [0.15, 0.2) is 28.7 Å². The Kier molecular flexibility index (Phi) is 4.40. The van der Waals surface area contributed by atoms with E-state index in [-0.39, 0.29) is 17.9 Å². The molecule has 1 aromatic carbocycles. The van der Waals surface area contributed by atoms with Gasteiger partial charge in [-0.1, -0.05) is 35.0 Å². The molecular weight excluding hydrogens is 292 g/mol. The molecular formula is C14H19BrN2O. The van der Waals surface area contributed by atoms with Gasteiger partial charge in [-0.2, -0.15) is 0 Å². The maximum atomic E-state index is 12.1. The lowest BCUT2D eigenvalue weighted by atomic mass is 9.88. The molecule has 1 heterocycles. The SMILES string of the molecule is CC(C(=O)N[C@H](C)c1cccc(Br)c1)C1CNC1. The summed E-state index contributed by atoms with van der Waals surface area (Å²) in [4.78, 5) is 12.1. The molecule has 1 aliphatic rings. The summed E-state index contributed by atoms with van der Waals surface area (Å²) in [6.07, 6.45) is 0. The highest BCUT2D eigenvalue weighted by Gasteiger charge is 2.29. The van der Waals surface area contributed by atoms with Crippen molar-refractivity contribution < 1.29 is 4.79 Å². The van der Waals surface area contributed by atoms with Gasteiger partial charge in [0.2, 0.25) is 5.91 Å². The Labute approximate surface area is 116 Å². The highest BCUT2D eigenvalue weighted by Crippen LogP contribution is 2.20. The van der Waals surface area contributed by atoms with Crippen LogP contribution in [0.4, 0.5) is 0 Å². The summed E-state index contributed by atoms with van der Waals surface area (Å²) in [6.45, 7) is 5.94. The first-order valence-corrected chi connectivity index (χ1v) is 7.14. The summed E-state index contributed by atoms with van der Waals surface area (Å²) < 4.78 is 1.04. The number of nitrogens with one attached hydrogen (secondary N) is 2. The second-order valence-corrected chi connectivity index (χ2v) is 5.91. The number of hydrogen-bond donors (Lipinski definition) is 2. The molecule has 1 amide bonds. The molecule has 0 aliphatic carbocycles. The largest absolute Gasteiger partial charge is 0.349 e. The standard InChI is InChI=1S/C14H19BrN2O/c1-9(12-7-16-8-12)14(18)17-10(2)11-4-3-5-13(15)6-11/h3-6,9-10,12,16H,7-8H2,1-2H3,(H,17,18)/t9?,10-/m1/s1. The fourth-order valence-electron chi connectivity index (χ4n) is 2.08. The quantitative estimate of drug-likeness (QED) is 0.897. The molecule has 98 valence electrons. The van der Waals surface area contributed by atoms with Gasteiger partial charge in [-0.3, -0.25) is 4.79 Å². The Morgan fingerprint density at radius 1 is 1.44 bits per heavy atom. The monoisotopic (exact) mass is 310 g/mol. The zero-order valence-corrected chi connectivity index (χ0v) is 12.3. The Balaban J connectivity index is 1.94. The highest BCUT2D eigenvalue weighted by atomic mass is 79.9. The van der Waals surface area contributed by atoms with E-state index in [2.05, 4.69) is 26.6 Å². The van der Waals surface area contributed by atoms with E-state index in [9.17, 15) is 4.79 Å². The van der Waals surface area contributed by atoms with Crippen molar-refractivity contribution in [2.45, 2.75) is 19.9 Å². The molecule has 2 rings (SSSR count). The maximum Gasteiger partial charge on any atom is 0.223 e. The number of amides is 1. The second kappa shape index (κ2) is 5.85. The van der Waals surface area contributed by atoms with Crippen molar-refractivity contribution in [2.75, 3.05) is 13.1 Å². The Morgan fingerprint density at radius 2 is 2.17 bits per heavy atom. The minimum absolute atomic E-state index is 0.0467. The van der Waals surface area contributed by atoms with E-state index in [0.29, 0.717) is 5.92 Å². The van der Waals surface area contributed by atoms with Crippen LogP contribution in [0.3, 0.4) is 0 Å². The first-order chi connectivity index (χ1) is 8.58. The summed E-state index contributed by atoms with van der Waals surface area (Å²) in [5.41, 5.74) is 1.12. The van der Waals surface area contributed by atoms with E-state index in [1.54, 1.807) is 0 Å². The fraction of sp³-hybridized carbons (Fsp3) is 0.500. The van der Waals surface area contributed by atoms with Crippen molar-refractivity contribution in [3.8, 4) is 0 Å². The van der Waals surface area contributed by atoms with Crippen LogP contribution in [0.25, 0.3) is 0 Å². The number of carbonyl (C=O) groups excluding carboxylic acids is 1. The summed E-state index contributed by atoms with van der Waals surface area (Å²) in [5.74, 6) is 0.717. The van der Waals surface area contributed by atoms with Gasteiger partial charge in [0.25, 0.3) is 0 Å². The van der Waals surface area contributed by atoms with E-state index in [0.717, 1.165) is 23.1 Å². The maximum absolute atomic E-state index is 12.1. The second-order valence-electron chi connectivity index (χ2n) is 4.99. The molecule has 0 spiro atoms. The summed E-state index contributed by atoms with van der Waals surface area (Å²) in [6, 6.07) is 8.10. The van der Waals surface area contributed by atoms with Crippen molar-refractivity contribution in [3.05, 3.63) is 34.3 Å². The summed E-state index contributed by atoms with van der Waals surface area (Å²) in [5, 5.41) is 6.29. The Morgan fingerprint density at radius 3 is 2.72 bits per heavy atom. The zero-order valence-electron chi connectivity index (χ0n) is 10.7. The average molecular weight is 311 g/mol. The molecule has 1 aromatic rings. The molecule has 4 heteroatoms. The normalized spacial score (nSPS) is 18.8. The predicted molar refractivity (Wildman–Crippen MR) is 76.2 cm³/mol. The van der Waals surface area contributed by atoms with Gasteiger partial charge >= 0.3 is 0 Å². The zero-order chi connectivity index (χ0) is 13.1. The Hall–Kier alpha value is -0.870. The lowest BCUT2D eigenvalue weighted by Gasteiger charge is -2.32. The van der Waals surface area contributed by atoms with Gasteiger partial charge in [0.15, 0.2) is 0 Å². The molecule has 0 aromatic heterocycles. The third-order valence-electron chi connectivity index (χ3n) is 3.64. The lowest BCUT2D eigenvalue weighted by Crippen LogP contribution is -2.49. The smallest absolute Gasteiger partial charge is 0.223 e. The van der Waals surface area contributed by atoms with E-state index < -0.39 is 0 Å². The fourth-order valence-corrected chi connectivity index (χ4v) is 2.50. The highest BCUT2D eigenvalue weighted by molar-refractivity contribution is 9.10. The van der Waals surface area contributed by atoms with Gasteiger partial charge < -0.3 is 10.6 Å². The summed E-state index contributed by atoms with van der Waals surface area (Å²) >= 11 is 3.45. The van der Waals surface area contributed by atoms with Crippen LogP contribution < -0.4 is 10.6 Å². The number of hydrogen-bond acceptors (Lipinski definition) is 2. The van der Waals surface area contributed by atoms with Crippen LogP contribution in [-0.4, -0.2) is 19.0 Å². The van der Waals surface area contributed by atoms with Gasteiger partial charge in [-0.05, 0) is 43.6 Å². The molecule has 0 bridgehead atoms. The first kappa shape index (κ1) is 13.6. The van der Waals surface area contributed by atoms with E-state index in [1.165, 1.54) is 0 Å². The van der Waals surface area contributed by atoms with Gasteiger partial charge in [0.05, 0.1) is 6.04 Å². The minimum atomic E-state index is 0.0467. The molecule has 3 nitrogen and oxygen atoms in total. The molecule has 0 saturated carbocycles. The van der Waals surface area contributed by atoms with E-state index >= 15 is 0 Å². The third-order valence-corrected chi connectivity index (χ3v) is 4.13. The van der Waals surface area contributed by atoms with E-state index in [1.807, 2.05) is 38.1 Å². The predicted octanol–water partition coefficient (Wildman–Crippen LogP) is 2.48. The molecule has 2 atom stereocenters. The van der Waals surface area contributed by atoms with Crippen molar-refractivity contribution in [3.63, 3.8) is 0 Å². The molecule has 1 fully saturated rings. The number of rotatable bonds is 4. The van der Waals surface area contributed by atoms with Crippen LogP contribution in [0.1, 0.15) is 25.5 Å². The van der Waals surface area contributed by atoms with Gasteiger partial charge in [0, 0.05) is 10.4 Å². The van der Waals surface area contributed by atoms with Crippen LogP contribution in [0.5, 0.6) is 0 Å². The van der Waals surface area contributed by atoms with Crippen molar-refractivity contribution in [2.24, 2.45) is 11.8 Å². The van der Waals surface area contributed by atoms with Gasteiger partial charge in [0.1, 0.15) is 0 Å². The van der Waals surface area contributed by atoms with Gasteiger partial charge in [-0.25, -0.2) is 0 Å². The van der Waals surface area contributed by atoms with E-state index in [4.69, 9.17) is 0 Å². The number of benzene rings is 1. The average Bonchev–Trinajstić information content (AvgIpc) is 2.26. The van der Waals surface area contributed by atoms with Crippen LogP contribution in [0, 0.1) is 11.8 Å². The lowest BCUT2D eigenvalue weighted by molar-refractivity contribution is -0.127. The third kappa shape index (κ3) is 3.12. The van der Waals surface area contributed by atoms with Crippen LogP contribution in [-0.2, 0) is 4.79 Å². The molecule has 2 N–H and O–H groups in total. The number of carbonyl (C=O) groups is 1. The minimum Gasteiger partial charge on any atom is -0.349 e. The first-order valence-electron chi connectivity index (χ1n) is 6.34. The molecule has 1 aliphatic heterocycles. The molecule has 1 saturated heterocycles. The van der Waals surface area contributed by atoms with Gasteiger partial charge in [-0.15, -0.1) is 0 Å². The van der Waals surface area contributed by atoms with Crippen molar-refractivity contribution in [1.82, 2.24) is 10.6 Å². The molecule has 18 heavy (non-hydrogen) atoms. The molecule has 1 unspecified atom stereocenters. The Bertz CT molecular complexity index is 432. The molecule has 0 radical (unpaired) electrons. The van der Waals surface area contributed by atoms with Crippen LogP contribution >= 0.6 is 15.9 Å². The van der Waals surface area contributed by atoms with Crippen molar-refractivity contribution in [1.29, 1.82) is 0 Å². The van der Waals surface area contributed by atoms with Crippen molar-refractivity contribution >= 4 is 21.8 Å². The van der Waals surface area contributed by atoms with Crippen LogP contribution in [0.2, 0.25) is 0 Å². The number of halogens is 1. The topological polar surface area (TPSA) is 41.1 Å².